The zero-order valence-electron chi connectivity index (χ0n) is 15.0. The number of benzene rings is 2. The standard InChI is InChI=1S/C20H19N3O3S2/c24-19(11-8-15-6-2-1-3-7-15)22-20-21-17-10-9-16(14-18(17)27-20)28(25,26)23-12-4-5-13-23/h1-3,6-11,14H,4-5,12-13H2,(H,21,22,24). The topological polar surface area (TPSA) is 79.4 Å². The Labute approximate surface area is 167 Å². The lowest BCUT2D eigenvalue weighted by Gasteiger charge is -2.15. The Bertz CT molecular complexity index is 1130. The smallest absolute Gasteiger partial charge is 0.250 e. The van der Waals surface area contributed by atoms with Gasteiger partial charge < -0.3 is 0 Å². The van der Waals surface area contributed by atoms with Crippen LogP contribution in [-0.4, -0.2) is 36.7 Å². The van der Waals surface area contributed by atoms with Crippen LogP contribution >= 0.6 is 11.3 Å². The highest BCUT2D eigenvalue weighted by Gasteiger charge is 2.27. The summed E-state index contributed by atoms with van der Waals surface area (Å²) in [5.41, 5.74) is 1.59. The number of thiazole rings is 1. The zero-order chi connectivity index (χ0) is 19.6. The number of sulfonamides is 1. The number of nitrogens with zero attached hydrogens (tertiary/aromatic N) is 2. The third-order valence-electron chi connectivity index (χ3n) is 4.52. The van der Waals surface area contributed by atoms with E-state index in [-0.39, 0.29) is 10.8 Å². The van der Waals surface area contributed by atoms with Crippen molar-refractivity contribution >= 4 is 48.7 Å². The molecule has 0 bridgehead atoms. The number of fused-ring (bicyclic) bond motifs is 1. The summed E-state index contributed by atoms with van der Waals surface area (Å²) in [5.74, 6) is -0.284. The highest BCUT2D eigenvalue weighted by molar-refractivity contribution is 7.89. The van der Waals surface area contributed by atoms with Gasteiger partial charge in [0, 0.05) is 19.2 Å². The van der Waals surface area contributed by atoms with Crippen LogP contribution in [0.1, 0.15) is 18.4 Å². The molecule has 0 atom stereocenters. The van der Waals surface area contributed by atoms with E-state index in [2.05, 4.69) is 10.3 Å². The molecule has 2 aromatic carbocycles. The highest BCUT2D eigenvalue weighted by Crippen LogP contribution is 2.30. The predicted octanol–water partition coefficient (Wildman–Crippen LogP) is 3.73. The van der Waals surface area contributed by atoms with Gasteiger partial charge in [0.2, 0.25) is 15.9 Å². The van der Waals surface area contributed by atoms with Crippen molar-refractivity contribution in [1.29, 1.82) is 0 Å². The second-order valence-electron chi connectivity index (χ2n) is 6.49. The Morgan fingerprint density at radius 2 is 1.86 bits per heavy atom. The number of amides is 1. The van der Waals surface area contributed by atoms with Crippen LogP contribution in [0.15, 0.2) is 59.5 Å². The number of aromatic nitrogens is 1. The first-order valence-electron chi connectivity index (χ1n) is 8.97. The SMILES string of the molecule is O=C(C=Cc1ccccc1)Nc1nc2ccc(S(=O)(=O)N3CCCC3)cc2s1. The number of rotatable bonds is 5. The minimum Gasteiger partial charge on any atom is -0.298 e. The molecule has 1 saturated heterocycles. The molecular weight excluding hydrogens is 394 g/mol. The maximum absolute atomic E-state index is 12.7. The largest absolute Gasteiger partial charge is 0.298 e. The van der Waals surface area contributed by atoms with Gasteiger partial charge >= 0.3 is 0 Å². The summed E-state index contributed by atoms with van der Waals surface area (Å²) < 4.78 is 27.7. The number of hydrogen-bond acceptors (Lipinski definition) is 5. The molecule has 1 aliphatic rings. The van der Waals surface area contributed by atoms with Crippen LogP contribution in [0.2, 0.25) is 0 Å². The van der Waals surface area contributed by atoms with Crippen LogP contribution in [0, 0.1) is 0 Å². The molecule has 2 heterocycles. The summed E-state index contributed by atoms with van der Waals surface area (Å²) in [5, 5.41) is 3.18. The van der Waals surface area contributed by atoms with Crippen molar-refractivity contribution in [3.63, 3.8) is 0 Å². The average Bonchev–Trinajstić information content (AvgIpc) is 3.36. The van der Waals surface area contributed by atoms with Gasteiger partial charge in [0.1, 0.15) is 0 Å². The Balaban J connectivity index is 1.52. The Hall–Kier alpha value is -2.55. The summed E-state index contributed by atoms with van der Waals surface area (Å²) in [6.07, 6.45) is 4.97. The van der Waals surface area contributed by atoms with Crippen LogP contribution in [-0.2, 0) is 14.8 Å². The summed E-state index contributed by atoms with van der Waals surface area (Å²) in [4.78, 5) is 16.8. The molecule has 0 radical (unpaired) electrons. The molecule has 28 heavy (non-hydrogen) atoms. The molecule has 1 N–H and O–H groups in total. The quantitative estimate of drug-likeness (QED) is 0.647. The van der Waals surface area contributed by atoms with E-state index in [0.29, 0.717) is 23.7 Å². The summed E-state index contributed by atoms with van der Waals surface area (Å²) in [6, 6.07) is 14.4. The molecule has 144 valence electrons. The van der Waals surface area contributed by atoms with Gasteiger partial charge in [-0.25, -0.2) is 13.4 Å². The summed E-state index contributed by atoms with van der Waals surface area (Å²) >= 11 is 1.26. The number of anilines is 1. The van der Waals surface area contributed by atoms with E-state index in [1.165, 1.54) is 21.7 Å². The zero-order valence-corrected chi connectivity index (χ0v) is 16.7. The number of carbonyl (C=O) groups is 1. The van der Waals surface area contributed by atoms with Gasteiger partial charge in [0.05, 0.1) is 15.1 Å². The van der Waals surface area contributed by atoms with Crippen LogP contribution in [0.5, 0.6) is 0 Å². The van der Waals surface area contributed by atoms with E-state index in [4.69, 9.17) is 0 Å². The van der Waals surface area contributed by atoms with Gasteiger partial charge in [-0.2, -0.15) is 4.31 Å². The summed E-state index contributed by atoms with van der Waals surface area (Å²) in [6.45, 7) is 1.14. The Morgan fingerprint density at radius 1 is 1.11 bits per heavy atom. The van der Waals surface area contributed by atoms with E-state index < -0.39 is 10.0 Å². The van der Waals surface area contributed by atoms with Gasteiger partial charge in [0.25, 0.3) is 0 Å². The lowest BCUT2D eigenvalue weighted by atomic mass is 10.2. The van der Waals surface area contributed by atoms with E-state index >= 15 is 0 Å². The first kappa shape index (κ1) is 18.8. The van der Waals surface area contributed by atoms with Crippen molar-refractivity contribution < 1.29 is 13.2 Å². The van der Waals surface area contributed by atoms with Crippen molar-refractivity contribution in [1.82, 2.24) is 9.29 Å². The van der Waals surface area contributed by atoms with Crippen LogP contribution in [0.4, 0.5) is 5.13 Å². The molecule has 0 saturated carbocycles. The lowest BCUT2D eigenvalue weighted by molar-refractivity contribution is -0.111. The number of nitrogens with one attached hydrogen (secondary N) is 1. The maximum Gasteiger partial charge on any atom is 0.250 e. The fourth-order valence-electron chi connectivity index (χ4n) is 3.08. The fraction of sp³-hybridized carbons (Fsp3) is 0.200. The molecule has 0 aliphatic carbocycles. The van der Waals surface area contributed by atoms with E-state index in [1.54, 1.807) is 24.3 Å². The van der Waals surface area contributed by atoms with Gasteiger partial charge in [-0.3, -0.25) is 10.1 Å². The van der Waals surface area contributed by atoms with Crippen LogP contribution in [0.3, 0.4) is 0 Å². The highest BCUT2D eigenvalue weighted by atomic mass is 32.2. The van der Waals surface area contributed by atoms with Gasteiger partial charge in [-0.15, -0.1) is 0 Å². The van der Waals surface area contributed by atoms with Crippen molar-refractivity contribution in [2.75, 3.05) is 18.4 Å². The van der Waals surface area contributed by atoms with Crippen molar-refractivity contribution in [2.24, 2.45) is 0 Å². The minimum absolute atomic E-state index is 0.271. The molecule has 8 heteroatoms. The first-order valence-corrected chi connectivity index (χ1v) is 11.2. The maximum atomic E-state index is 12.7. The first-order chi connectivity index (χ1) is 13.5. The number of hydrogen-bond donors (Lipinski definition) is 1. The van der Waals surface area contributed by atoms with Crippen molar-refractivity contribution in [2.45, 2.75) is 17.7 Å². The van der Waals surface area contributed by atoms with Crippen molar-refractivity contribution in [3.05, 3.63) is 60.2 Å². The van der Waals surface area contributed by atoms with E-state index in [1.807, 2.05) is 30.3 Å². The molecule has 4 rings (SSSR count). The third kappa shape index (κ3) is 3.99. The predicted molar refractivity (Wildman–Crippen MR) is 112 cm³/mol. The normalized spacial score (nSPS) is 15.4. The molecule has 3 aromatic rings. The molecule has 1 amide bonds. The van der Waals surface area contributed by atoms with Gasteiger partial charge in [-0.05, 0) is 42.7 Å². The summed E-state index contributed by atoms with van der Waals surface area (Å²) in [7, 11) is -3.47. The lowest BCUT2D eigenvalue weighted by Crippen LogP contribution is -2.27. The Morgan fingerprint density at radius 3 is 2.61 bits per heavy atom. The van der Waals surface area contributed by atoms with Crippen molar-refractivity contribution in [3.8, 4) is 0 Å². The fourth-order valence-corrected chi connectivity index (χ4v) is 5.61. The molecule has 0 unspecified atom stereocenters. The second kappa shape index (κ2) is 7.83. The molecular formula is C20H19N3O3S2. The third-order valence-corrected chi connectivity index (χ3v) is 7.35. The molecule has 1 aromatic heterocycles. The van der Waals surface area contributed by atoms with E-state index in [0.717, 1.165) is 23.1 Å². The van der Waals surface area contributed by atoms with Crippen LogP contribution < -0.4 is 5.32 Å². The molecule has 1 fully saturated rings. The molecule has 1 aliphatic heterocycles. The van der Waals surface area contributed by atoms with E-state index in [9.17, 15) is 13.2 Å². The minimum atomic E-state index is -3.47. The number of carbonyl (C=O) groups excluding carboxylic acids is 1. The van der Waals surface area contributed by atoms with Gasteiger partial charge in [0.15, 0.2) is 5.13 Å². The molecule has 0 spiro atoms. The average molecular weight is 414 g/mol. The molecule has 6 nitrogen and oxygen atoms in total. The van der Waals surface area contributed by atoms with Crippen LogP contribution in [0.25, 0.3) is 16.3 Å². The monoisotopic (exact) mass is 413 g/mol. The van der Waals surface area contributed by atoms with Gasteiger partial charge in [-0.1, -0.05) is 41.7 Å². The second-order valence-corrected chi connectivity index (χ2v) is 9.46. The Kier molecular flexibility index (Phi) is 5.25.